The maximum atomic E-state index is 14.0. The smallest absolute Gasteiger partial charge is 0.410 e. The van der Waals surface area contributed by atoms with Crippen LogP contribution in [0.15, 0.2) is 12.1 Å². The van der Waals surface area contributed by atoms with Gasteiger partial charge in [-0.05, 0) is 12.8 Å². The second kappa shape index (κ2) is 8.82. The molecule has 1 atom stereocenters. The van der Waals surface area contributed by atoms with Crippen molar-refractivity contribution in [1.29, 1.82) is 0 Å². The Hall–Kier alpha value is -1.89. The van der Waals surface area contributed by atoms with Gasteiger partial charge in [0.2, 0.25) is 0 Å². The predicted molar refractivity (Wildman–Crippen MR) is 86.0 cm³/mol. The molecule has 0 saturated carbocycles. The van der Waals surface area contributed by atoms with E-state index in [1.54, 1.807) is 4.90 Å². The van der Waals surface area contributed by atoms with Crippen LogP contribution in [0.1, 0.15) is 32.3 Å². The van der Waals surface area contributed by atoms with E-state index in [9.17, 15) is 13.6 Å². The van der Waals surface area contributed by atoms with Gasteiger partial charge in [-0.2, -0.15) is 0 Å². The topological polar surface area (TPSA) is 50.8 Å². The first-order valence-electron chi connectivity index (χ1n) is 8.31. The van der Waals surface area contributed by atoms with Crippen LogP contribution in [0.25, 0.3) is 0 Å². The van der Waals surface area contributed by atoms with Crippen LogP contribution in [0.2, 0.25) is 0 Å². The number of hydrogen-bond acceptors (Lipinski definition) is 4. The first kappa shape index (κ1) is 18.4. The van der Waals surface area contributed by atoms with Gasteiger partial charge < -0.3 is 19.7 Å². The van der Waals surface area contributed by atoms with Gasteiger partial charge in [0.25, 0.3) is 0 Å². The van der Waals surface area contributed by atoms with Crippen molar-refractivity contribution in [2.45, 2.75) is 39.3 Å². The van der Waals surface area contributed by atoms with Crippen molar-refractivity contribution in [3.05, 3.63) is 29.3 Å². The van der Waals surface area contributed by atoms with E-state index in [0.29, 0.717) is 26.2 Å². The Morgan fingerprint density at radius 1 is 1.33 bits per heavy atom. The molecule has 0 aliphatic carbocycles. The molecule has 1 aromatic carbocycles. The molecule has 1 saturated heterocycles. The van der Waals surface area contributed by atoms with Crippen molar-refractivity contribution in [3.63, 3.8) is 0 Å². The molecule has 0 radical (unpaired) electrons. The molecule has 1 N–H and O–H groups in total. The van der Waals surface area contributed by atoms with Gasteiger partial charge in [0.05, 0.1) is 12.2 Å². The molecule has 0 bridgehead atoms. The summed E-state index contributed by atoms with van der Waals surface area (Å²) in [6, 6.07) is 2.26. The fraction of sp³-hybridized carbons (Fsp3) is 0.588. The van der Waals surface area contributed by atoms with Crippen molar-refractivity contribution in [2.24, 2.45) is 0 Å². The fourth-order valence-electron chi connectivity index (χ4n) is 2.60. The zero-order chi connectivity index (χ0) is 17.5. The van der Waals surface area contributed by atoms with E-state index in [2.05, 4.69) is 5.32 Å². The van der Waals surface area contributed by atoms with Crippen molar-refractivity contribution < 1.29 is 23.0 Å². The van der Waals surface area contributed by atoms with E-state index in [-0.39, 0.29) is 17.4 Å². The summed E-state index contributed by atoms with van der Waals surface area (Å²) in [4.78, 5) is 13.8. The van der Waals surface area contributed by atoms with E-state index in [0.717, 1.165) is 25.0 Å². The van der Waals surface area contributed by atoms with Crippen LogP contribution in [-0.2, 0) is 11.3 Å². The van der Waals surface area contributed by atoms with Gasteiger partial charge in [-0.25, -0.2) is 13.6 Å². The van der Waals surface area contributed by atoms with Crippen LogP contribution in [0.3, 0.4) is 0 Å². The van der Waals surface area contributed by atoms with Crippen molar-refractivity contribution >= 4 is 6.09 Å². The van der Waals surface area contributed by atoms with E-state index >= 15 is 0 Å². The number of halogens is 2. The predicted octanol–water partition coefficient (Wildman–Crippen LogP) is 3.07. The molecule has 7 heteroatoms. The number of carbonyl (C=O) groups excluding carboxylic acids is 1. The molecule has 1 fully saturated rings. The lowest BCUT2D eigenvalue weighted by molar-refractivity contribution is 0.0699. The summed E-state index contributed by atoms with van der Waals surface area (Å²) in [6.07, 6.45) is 0.980. The first-order chi connectivity index (χ1) is 11.6. The molecule has 0 spiro atoms. The minimum atomic E-state index is -0.777. The lowest BCUT2D eigenvalue weighted by atomic mass is 10.1. The summed E-state index contributed by atoms with van der Waals surface area (Å²) < 4.78 is 38.4. The summed E-state index contributed by atoms with van der Waals surface area (Å²) in [5.74, 6) is -1.42. The lowest BCUT2D eigenvalue weighted by Crippen LogP contribution is -2.53. The van der Waals surface area contributed by atoms with Gasteiger partial charge in [0.15, 0.2) is 0 Å². The maximum absolute atomic E-state index is 14.0. The Kier molecular flexibility index (Phi) is 6.78. The van der Waals surface area contributed by atoms with Crippen molar-refractivity contribution in [1.82, 2.24) is 10.2 Å². The van der Waals surface area contributed by atoms with Crippen molar-refractivity contribution in [3.8, 4) is 5.75 Å². The Labute approximate surface area is 140 Å². The van der Waals surface area contributed by atoms with Gasteiger partial charge in [-0.1, -0.05) is 13.8 Å². The lowest BCUT2D eigenvalue weighted by Gasteiger charge is -2.34. The molecule has 24 heavy (non-hydrogen) atoms. The Bertz CT molecular complexity index is 546. The highest BCUT2D eigenvalue weighted by Gasteiger charge is 2.26. The van der Waals surface area contributed by atoms with Crippen LogP contribution >= 0.6 is 0 Å². The number of amides is 1. The molecule has 1 aromatic rings. The third-order valence-electron chi connectivity index (χ3n) is 3.98. The van der Waals surface area contributed by atoms with Crippen LogP contribution in [0, 0.1) is 11.6 Å². The molecule has 134 valence electrons. The summed E-state index contributed by atoms with van der Waals surface area (Å²) in [7, 11) is 0. The van der Waals surface area contributed by atoms with Gasteiger partial charge >= 0.3 is 6.09 Å². The van der Waals surface area contributed by atoms with Gasteiger partial charge in [0.1, 0.15) is 24.0 Å². The Morgan fingerprint density at radius 2 is 2.04 bits per heavy atom. The monoisotopic (exact) mass is 342 g/mol. The highest BCUT2D eigenvalue weighted by Crippen LogP contribution is 2.22. The van der Waals surface area contributed by atoms with E-state index in [4.69, 9.17) is 9.47 Å². The average Bonchev–Trinajstić information content (AvgIpc) is 2.58. The molecule has 1 unspecified atom stereocenters. The Balaban J connectivity index is 1.99. The standard InChI is InChI=1S/C17H24F2N2O3/c1-3-7-23-13-8-15(18)14(16(19)9-13)11-24-17(22)21-6-5-20-10-12(21)4-2/h8-9,12,20H,3-7,10-11H2,1-2H3. The summed E-state index contributed by atoms with van der Waals surface area (Å²) in [5, 5.41) is 3.20. The third kappa shape index (κ3) is 4.56. The molecule has 1 aliphatic rings. The fourth-order valence-corrected chi connectivity index (χ4v) is 2.60. The van der Waals surface area contributed by atoms with E-state index < -0.39 is 24.3 Å². The SMILES string of the molecule is CCCOc1cc(F)c(COC(=O)N2CCNCC2CC)c(F)c1. The molecular weight excluding hydrogens is 318 g/mol. The number of ether oxygens (including phenoxy) is 2. The minimum Gasteiger partial charge on any atom is -0.493 e. The van der Waals surface area contributed by atoms with Gasteiger partial charge in [0, 0.05) is 37.8 Å². The quantitative estimate of drug-likeness (QED) is 0.863. The molecule has 2 rings (SSSR count). The largest absolute Gasteiger partial charge is 0.493 e. The first-order valence-corrected chi connectivity index (χ1v) is 8.31. The Morgan fingerprint density at radius 3 is 2.67 bits per heavy atom. The zero-order valence-electron chi connectivity index (χ0n) is 14.1. The number of nitrogens with zero attached hydrogens (tertiary/aromatic N) is 1. The highest BCUT2D eigenvalue weighted by atomic mass is 19.1. The molecule has 1 aliphatic heterocycles. The highest BCUT2D eigenvalue weighted by molar-refractivity contribution is 5.68. The van der Waals surface area contributed by atoms with Crippen LogP contribution < -0.4 is 10.1 Å². The zero-order valence-corrected chi connectivity index (χ0v) is 14.1. The second-order valence-electron chi connectivity index (χ2n) is 5.73. The summed E-state index contributed by atoms with van der Waals surface area (Å²) in [6.45, 7) is 5.72. The normalized spacial score (nSPS) is 17.7. The number of piperazine rings is 1. The molecule has 0 aromatic heterocycles. The third-order valence-corrected chi connectivity index (χ3v) is 3.98. The number of benzene rings is 1. The number of rotatable bonds is 6. The molecule has 5 nitrogen and oxygen atoms in total. The number of hydrogen-bond donors (Lipinski definition) is 1. The van der Waals surface area contributed by atoms with E-state index in [1.807, 2.05) is 13.8 Å². The van der Waals surface area contributed by atoms with Crippen LogP contribution in [0.4, 0.5) is 13.6 Å². The molecule has 1 amide bonds. The minimum absolute atomic E-state index is 0.0331. The maximum Gasteiger partial charge on any atom is 0.410 e. The van der Waals surface area contributed by atoms with Crippen LogP contribution in [0.5, 0.6) is 5.75 Å². The van der Waals surface area contributed by atoms with Gasteiger partial charge in [-0.15, -0.1) is 0 Å². The summed E-state index contributed by atoms with van der Waals surface area (Å²) >= 11 is 0. The average molecular weight is 342 g/mol. The molecule has 1 heterocycles. The molecular formula is C17H24F2N2O3. The van der Waals surface area contributed by atoms with E-state index in [1.165, 1.54) is 0 Å². The number of nitrogens with one attached hydrogen (secondary N) is 1. The van der Waals surface area contributed by atoms with Gasteiger partial charge in [-0.3, -0.25) is 0 Å². The van der Waals surface area contributed by atoms with Crippen molar-refractivity contribution in [2.75, 3.05) is 26.2 Å². The van der Waals surface area contributed by atoms with Crippen LogP contribution in [-0.4, -0.2) is 43.3 Å². The number of carbonyl (C=O) groups is 1. The second-order valence-corrected chi connectivity index (χ2v) is 5.73. The summed E-state index contributed by atoms with van der Waals surface area (Å²) in [5.41, 5.74) is -0.268.